The van der Waals surface area contributed by atoms with Gasteiger partial charge in [0, 0.05) is 18.3 Å². The molecule has 8 heteroatoms. The summed E-state index contributed by atoms with van der Waals surface area (Å²) in [6, 6.07) is -0.00880. The van der Waals surface area contributed by atoms with Crippen LogP contribution in [-0.4, -0.2) is 35.5 Å². The molecule has 1 heterocycles. The van der Waals surface area contributed by atoms with Gasteiger partial charge in [-0.15, -0.1) is 0 Å². The van der Waals surface area contributed by atoms with Crippen molar-refractivity contribution < 1.29 is 8.42 Å². The third-order valence-electron chi connectivity index (χ3n) is 3.45. The predicted molar refractivity (Wildman–Crippen MR) is 77.5 cm³/mol. The summed E-state index contributed by atoms with van der Waals surface area (Å²) in [5.41, 5.74) is 5.63. The van der Waals surface area contributed by atoms with Gasteiger partial charge in [0.1, 0.15) is 0 Å². The number of anilines is 1. The first-order valence-electron chi connectivity index (χ1n) is 6.26. The van der Waals surface area contributed by atoms with Gasteiger partial charge >= 0.3 is 0 Å². The standard InChI is InChI=1S/C11H20N4O2S2/c1-15-7-13-10(12)11(15)19(16,17)14-8-4-3-5-9(6-8)18-2/h7-9,14H,3-6,12H2,1-2H3. The Bertz CT molecular complexity index is 521. The lowest BCUT2D eigenvalue weighted by Crippen LogP contribution is -2.39. The second kappa shape index (κ2) is 5.72. The molecule has 6 nitrogen and oxygen atoms in total. The smallest absolute Gasteiger partial charge is 0.260 e. The normalized spacial score (nSPS) is 24.5. The molecule has 1 saturated carbocycles. The summed E-state index contributed by atoms with van der Waals surface area (Å²) in [4.78, 5) is 3.82. The van der Waals surface area contributed by atoms with Crippen molar-refractivity contribution in [1.82, 2.24) is 14.3 Å². The molecular weight excluding hydrogens is 284 g/mol. The molecule has 1 aromatic heterocycles. The van der Waals surface area contributed by atoms with Crippen molar-refractivity contribution >= 4 is 27.6 Å². The van der Waals surface area contributed by atoms with Gasteiger partial charge in [-0.05, 0) is 25.5 Å². The van der Waals surface area contributed by atoms with E-state index in [4.69, 9.17) is 5.73 Å². The van der Waals surface area contributed by atoms with Gasteiger partial charge in [0.15, 0.2) is 10.8 Å². The van der Waals surface area contributed by atoms with Crippen LogP contribution in [0.4, 0.5) is 5.82 Å². The Balaban J connectivity index is 2.14. The van der Waals surface area contributed by atoms with Gasteiger partial charge in [-0.2, -0.15) is 11.8 Å². The zero-order valence-electron chi connectivity index (χ0n) is 11.2. The van der Waals surface area contributed by atoms with E-state index in [9.17, 15) is 8.42 Å². The third kappa shape index (κ3) is 3.24. The minimum Gasteiger partial charge on any atom is -0.381 e. The molecule has 1 aromatic rings. The van der Waals surface area contributed by atoms with Crippen molar-refractivity contribution in [3.8, 4) is 0 Å². The summed E-state index contributed by atoms with van der Waals surface area (Å²) in [5.74, 6) is 0.0484. The number of nitrogens with two attached hydrogens (primary N) is 1. The van der Waals surface area contributed by atoms with E-state index < -0.39 is 10.0 Å². The number of nitrogens with one attached hydrogen (secondary N) is 1. The van der Waals surface area contributed by atoms with Crippen LogP contribution >= 0.6 is 11.8 Å². The van der Waals surface area contributed by atoms with E-state index in [0.29, 0.717) is 5.25 Å². The number of nitrogen functional groups attached to an aromatic ring is 1. The number of aromatic nitrogens is 2. The van der Waals surface area contributed by atoms with Crippen molar-refractivity contribution in [2.45, 2.75) is 42.0 Å². The van der Waals surface area contributed by atoms with Gasteiger partial charge in [0.05, 0.1) is 6.33 Å². The lowest BCUT2D eigenvalue weighted by atomic mass is 9.96. The van der Waals surface area contributed by atoms with Gasteiger partial charge in [-0.25, -0.2) is 18.1 Å². The van der Waals surface area contributed by atoms with Crippen LogP contribution in [0.15, 0.2) is 11.4 Å². The summed E-state index contributed by atoms with van der Waals surface area (Å²) in [6.07, 6.45) is 7.45. The topological polar surface area (TPSA) is 90.0 Å². The number of aryl methyl sites for hydroxylation is 1. The summed E-state index contributed by atoms with van der Waals surface area (Å²) >= 11 is 1.80. The predicted octanol–water partition coefficient (Wildman–Crippen LogP) is 0.955. The van der Waals surface area contributed by atoms with E-state index in [-0.39, 0.29) is 16.9 Å². The molecule has 19 heavy (non-hydrogen) atoms. The highest BCUT2D eigenvalue weighted by Crippen LogP contribution is 2.28. The van der Waals surface area contributed by atoms with E-state index in [0.717, 1.165) is 25.7 Å². The number of rotatable bonds is 4. The number of sulfonamides is 1. The summed E-state index contributed by atoms with van der Waals surface area (Å²) in [7, 11) is -1.96. The molecule has 2 rings (SSSR count). The van der Waals surface area contributed by atoms with Gasteiger partial charge in [0.25, 0.3) is 10.0 Å². The van der Waals surface area contributed by atoms with Crippen LogP contribution in [0.25, 0.3) is 0 Å². The number of hydrogen-bond acceptors (Lipinski definition) is 5. The van der Waals surface area contributed by atoms with Gasteiger partial charge in [-0.1, -0.05) is 6.42 Å². The van der Waals surface area contributed by atoms with Crippen LogP contribution in [0, 0.1) is 0 Å². The Morgan fingerprint density at radius 2 is 2.26 bits per heavy atom. The number of imidazole rings is 1. The second-order valence-electron chi connectivity index (χ2n) is 4.89. The lowest BCUT2D eigenvalue weighted by Gasteiger charge is -2.28. The first-order valence-corrected chi connectivity index (χ1v) is 9.03. The molecule has 2 unspecified atom stereocenters. The zero-order valence-corrected chi connectivity index (χ0v) is 12.8. The van der Waals surface area contributed by atoms with E-state index in [1.165, 1.54) is 10.9 Å². The van der Waals surface area contributed by atoms with Gasteiger partial charge in [0.2, 0.25) is 0 Å². The van der Waals surface area contributed by atoms with Crippen LogP contribution in [0.3, 0.4) is 0 Å². The fraction of sp³-hybridized carbons (Fsp3) is 0.727. The molecule has 0 radical (unpaired) electrons. The van der Waals surface area contributed by atoms with Gasteiger partial charge in [-0.3, -0.25) is 0 Å². The quantitative estimate of drug-likeness (QED) is 0.864. The molecule has 0 aliphatic heterocycles. The number of hydrogen-bond donors (Lipinski definition) is 2. The molecule has 1 aliphatic carbocycles. The SMILES string of the molecule is CSC1CCCC(NS(=O)(=O)c2c(N)ncn2C)C1. The molecule has 3 N–H and O–H groups in total. The van der Waals surface area contributed by atoms with Crippen molar-refractivity contribution in [3.63, 3.8) is 0 Å². The first kappa shape index (κ1) is 14.7. The van der Waals surface area contributed by atoms with Crippen molar-refractivity contribution in [1.29, 1.82) is 0 Å². The average Bonchev–Trinajstić information content (AvgIpc) is 2.69. The summed E-state index contributed by atoms with van der Waals surface area (Å²) in [6.45, 7) is 0. The number of nitrogens with zero attached hydrogens (tertiary/aromatic N) is 2. The minimum absolute atomic E-state index is 0.00880. The van der Waals surface area contributed by atoms with Crippen molar-refractivity contribution in [3.05, 3.63) is 6.33 Å². The van der Waals surface area contributed by atoms with Gasteiger partial charge < -0.3 is 10.3 Å². The molecule has 108 valence electrons. The third-order valence-corrected chi connectivity index (χ3v) is 6.19. The molecule has 2 atom stereocenters. The Morgan fingerprint density at radius 3 is 2.84 bits per heavy atom. The minimum atomic E-state index is -3.59. The molecule has 0 bridgehead atoms. The maximum atomic E-state index is 12.3. The maximum absolute atomic E-state index is 12.3. The molecular formula is C11H20N4O2S2. The molecule has 0 saturated heterocycles. The van der Waals surface area contributed by atoms with Crippen LogP contribution in [0.2, 0.25) is 0 Å². The zero-order chi connectivity index (χ0) is 14.0. The van der Waals surface area contributed by atoms with E-state index in [2.05, 4.69) is 16.0 Å². The molecule has 1 aliphatic rings. The second-order valence-corrected chi connectivity index (χ2v) is 7.66. The molecule has 0 amide bonds. The summed E-state index contributed by atoms with van der Waals surface area (Å²) in [5, 5.41) is 0.587. The molecule has 1 fully saturated rings. The van der Waals surface area contributed by atoms with Crippen LogP contribution in [-0.2, 0) is 17.1 Å². The van der Waals surface area contributed by atoms with Crippen LogP contribution in [0.1, 0.15) is 25.7 Å². The van der Waals surface area contributed by atoms with Crippen LogP contribution in [0.5, 0.6) is 0 Å². The monoisotopic (exact) mass is 304 g/mol. The highest BCUT2D eigenvalue weighted by Gasteiger charge is 2.29. The lowest BCUT2D eigenvalue weighted by molar-refractivity contribution is 0.419. The Labute approximate surface area is 118 Å². The highest BCUT2D eigenvalue weighted by atomic mass is 32.2. The van der Waals surface area contributed by atoms with Crippen molar-refractivity contribution in [2.24, 2.45) is 7.05 Å². The largest absolute Gasteiger partial charge is 0.381 e. The fourth-order valence-corrected chi connectivity index (χ4v) is 4.85. The summed E-state index contributed by atoms with van der Waals surface area (Å²) < 4.78 is 28.9. The average molecular weight is 304 g/mol. The van der Waals surface area contributed by atoms with Crippen molar-refractivity contribution in [2.75, 3.05) is 12.0 Å². The first-order chi connectivity index (χ1) is 8.94. The maximum Gasteiger partial charge on any atom is 0.260 e. The Morgan fingerprint density at radius 1 is 1.53 bits per heavy atom. The van der Waals surface area contributed by atoms with E-state index in [1.807, 2.05) is 0 Å². The molecule has 0 spiro atoms. The fourth-order valence-electron chi connectivity index (χ4n) is 2.51. The Hall–Kier alpha value is -0.730. The number of thioether (sulfide) groups is 1. The molecule has 0 aromatic carbocycles. The Kier molecular flexibility index (Phi) is 4.42. The van der Waals surface area contributed by atoms with Crippen LogP contribution < -0.4 is 10.5 Å². The van der Waals surface area contributed by atoms with E-state index in [1.54, 1.807) is 18.8 Å². The van der Waals surface area contributed by atoms with E-state index >= 15 is 0 Å². The highest BCUT2D eigenvalue weighted by molar-refractivity contribution is 7.99.